The van der Waals surface area contributed by atoms with E-state index in [9.17, 15) is 14.9 Å². The van der Waals surface area contributed by atoms with Gasteiger partial charge in [-0.15, -0.1) is 5.10 Å². The number of aryl methyl sites for hydroxylation is 1. The van der Waals surface area contributed by atoms with Crippen LogP contribution in [-0.4, -0.2) is 25.7 Å². The fraction of sp³-hybridized carbons (Fsp3) is 0.105. The summed E-state index contributed by atoms with van der Waals surface area (Å²) in [6, 6.07) is 13.7. The van der Waals surface area contributed by atoms with Crippen molar-refractivity contribution in [3.8, 4) is 11.8 Å². The Kier molecular flexibility index (Phi) is 4.85. The average Bonchev–Trinajstić information content (AvgIpc) is 3.10. The van der Waals surface area contributed by atoms with Crippen LogP contribution in [0.2, 0.25) is 0 Å². The normalized spacial score (nSPS) is 10.0. The highest BCUT2D eigenvalue weighted by Crippen LogP contribution is 2.11. The van der Waals surface area contributed by atoms with Gasteiger partial charge in [0.1, 0.15) is 0 Å². The molecule has 0 fully saturated rings. The molecule has 3 rings (SSSR count). The third-order valence-electron chi connectivity index (χ3n) is 3.63. The molecule has 2 aromatic carbocycles. The number of nitrogens with zero attached hydrogens (tertiary/aromatic N) is 4. The van der Waals surface area contributed by atoms with Crippen LogP contribution in [0, 0.1) is 28.9 Å². The van der Waals surface area contributed by atoms with Crippen LogP contribution in [0.1, 0.15) is 27.2 Å². The molecule has 0 aliphatic rings. The second-order valence-electron chi connectivity index (χ2n) is 5.67. The van der Waals surface area contributed by atoms with E-state index in [4.69, 9.17) is 0 Å². The first-order chi connectivity index (χ1) is 12.5. The monoisotopic (exact) mass is 346 g/mol. The Bertz CT molecular complexity index is 1010. The van der Waals surface area contributed by atoms with Gasteiger partial charge < -0.3 is 0 Å². The van der Waals surface area contributed by atoms with E-state index in [0.29, 0.717) is 12.1 Å². The first-order valence-corrected chi connectivity index (χ1v) is 7.78. The van der Waals surface area contributed by atoms with Crippen LogP contribution in [0.4, 0.5) is 5.69 Å². The molecule has 0 saturated carbocycles. The van der Waals surface area contributed by atoms with Gasteiger partial charge >= 0.3 is 0 Å². The van der Waals surface area contributed by atoms with Crippen LogP contribution >= 0.6 is 0 Å². The summed E-state index contributed by atoms with van der Waals surface area (Å²) in [6.45, 7) is 2.52. The number of carbonyl (C=O) groups is 1. The second kappa shape index (κ2) is 7.40. The summed E-state index contributed by atoms with van der Waals surface area (Å²) in [5, 5.41) is 18.4. The molecule has 7 heteroatoms. The molecular weight excluding hydrogens is 332 g/mol. The van der Waals surface area contributed by atoms with E-state index in [-0.39, 0.29) is 11.4 Å². The van der Waals surface area contributed by atoms with Crippen LogP contribution in [0.5, 0.6) is 0 Å². The summed E-state index contributed by atoms with van der Waals surface area (Å²) in [5.41, 5.74) is 2.87. The molecule has 128 valence electrons. The van der Waals surface area contributed by atoms with Gasteiger partial charge in [-0.2, -0.15) is 0 Å². The molecule has 1 heterocycles. The first kappa shape index (κ1) is 17.0. The number of hydrogen-bond donors (Lipinski definition) is 0. The van der Waals surface area contributed by atoms with Gasteiger partial charge in [-0.1, -0.05) is 41.0 Å². The predicted molar refractivity (Wildman–Crippen MR) is 94.6 cm³/mol. The molecule has 0 N–H and O–H groups in total. The maximum Gasteiger partial charge on any atom is 0.269 e. The number of Topliss-reactive ketones (excluding diaryl/α,β-unsaturated/α-hetero) is 1. The SMILES string of the molecule is Cc1ccc(Cn2cc(C(=O)C#Cc3ccc([N+](=O)[O-])cc3)nn2)cc1. The minimum atomic E-state index is -0.491. The van der Waals surface area contributed by atoms with E-state index in [1.54, 1.807) is 10.9 Å². The summed E-state index contributed by atoms with van der Waals surface area (Å²) in [7, 11) is 0. The Hall–Kier alpha value is -3.79. The van der Waals surface area contributed by atoms with Crippen molar-refractivity contribution >= 4 is 11.5 Å². The number of benzene rings is 2. The minimum absolute atomic E-state index is 0.0269. The van der Waals surface area contributed by atoms with Gasteiger partial charge in [0.05, 0.1) is 17.7 Å². The number of non-ortho nitro benzene ring substituents is 1. The Morgan fingerprint density at radius 3 is 2.50 bits per heavy atom. The average molecular weight is 346 g/mol. The molecule has 0 amide bonds. The highest BCUT2D eigenvalue weighted by atomic mass is 16.6. The minimum Gasteiger partial charge on any atom is -0.277 e. The van der Waals surface area contributed by atoms with E-state index in [0.717, 1.165) is 5.56 Å². The summed E-state index contributed by atoms with van der Waals surface area (Å²) in [5.74, 6) is 4.69. The number of aromatic nitrogens is 3. The Morgan fingerprint density at radius 2 is 1.85 bits per heavy atom. The zero-order valence-electron chi connectivity index (χ0n) is 13.9. The zero-order chi connectivity index (χ0) is 18.5. The van der Waals surface area contributed by atoms with Gasteiger partial charge in [-0.3, -0.25) is 14.9 Å². The van der Waals surface area contributed by atoms with E-state index in [2.05, 4.69) is 22.2 Å². The highest BCUT2D eigenvalue weighted by Gasteiger charge is 2.09. The van der Waals surface area contributed by atoms with Crippen molar-refractivity contribution in [1.82, 2.24) is 15.0 Å². The topological polar surface area (TPSA) is 90.9 Å². The summed E-state index contributed by atoms with van der Waals surface area (Å²) in [6.07, 6.45) is 1.55. The van der Waals surface area contributed by atoms with Gasteiger partial charge in [0.25, 0.3) is 11.5 Å². The van der Waals surface area contributed by atoms with Gasteiger partial charge in [0.15, 0.2) is 5.69 Å². The van der Waals surface area contributed by atoms with Crippen molar-refractivity contribution in [3.63, 3.8) is 0 Å². The number of rotatable bonds is 4. The lowest BCUT2D eigenvalue weighted by Crippen LogP contribution is -2.00. The molecule has 0 aliphatic heterocycles. The van der Waals surface area contributed by atoms with E-state index in [1.807, 2.05) is 31.2 Å². The number of hydrogen-bond acceptors (Lipinski definition) is 5. The van der Waals surface area contributed by atoms with Crippen LogP contribution in [0.15, 0.2) is 54.7 Å². The molecule has 0 radical (unpaired) electrons. The fourth-order valence-corrected chi connectivity index (χ4v) is 2.22. The van der Waals surface area contributed by atoms with E-state index >= 15 is 0 Å². The molecule has 0 spiro atoms. The third-order valence-corrected chi connectivity index (χ3v) is 3.63. The fourth-order valence-electron chi connectivity index (χ4n) is 2.22. The summed E-state index contributed by atoms with van der Waals surface area (Å²) in [4.78, 5) is 22.2. The van der Waals surface area contributed by atoms with Crippen molar-refractivity contribution in [2.24, 2.45) is 0 Å². The number of nitro groups is 1. The second-order valence-corrected chi connectivity index (χ2v) is 5.67. The maximum absolute atomic E-state index is 12.1. The lowest BCUT2D eigenvalue weighted by Gasteiger charge is -2.00. The van der Waals surface area contributed by atoms with E-state index < -0.39 is 10.7 Å². The maximum atomic E-state index is 12.1. The molecule has 3 aromatic rings. The lowest BCUT2D eigenvalue weighted by atomic mass is 10.1. The molecule has 7 nitrogen and oxygen atoms in total. The molecule has 0 bridgehead atoms. The van der Waals surface area contributed by atoms with Crippen LogP contribution in [0.25, 0.3) is 0 Å². The molecule has 0 saturated heterocycles. The van der Waals surface area contributed by atoms with Crippen molar-refractivity contribution in [2.45, 2.75) is 13.5 Å². The predicted octanol–water partition coefficient (Wildman–Crippen LogP) is 2.78. The zero-order valence-corrected chi connectivity index (χ0v) is 13.9. The smallest absolute Gasteiger partial charge is 0.269 e. The molecule has 26 heavy (non-hydrogen) atoms. The van der Waals surface area contributed by atoms with Crippen molar-refractivity contribution in [3.05, 3.63) is 87.2 Å². The molecular formula is C19H14N4O3. The van der Waals surface area contributed by atoms with Crippen LogP contribution < -0.4 is 0 Å². The molecule has 1 aromatic heterocycles. The Labute approximate surface area is 149 Å². The van der Waals surface area contributed by atoms with Gasteiger partial charge in [0.2, 0.25) is 0 Å². The highest BCUT2D eigenvalue weighted by molar-refractivity contribution is 6.07. The lowest BCUT2D eigenvalue weighted by molar-refractivity contribution is -0.384. The van der Waals surface area contributed by atoms with Gasteiger partial charge in [-0.25, -0.2) is 4.68 Å². The van der Waals surface area contributed by atoms with Gasteiger partial charge in [-0.05, 0) is 30.5 Å². The molecule has 0 aliphatic carbocycles. The van der Waals surface area contributed by atoms with Crippen molar-refractivity contribution < 1.29 is 9.72 Å². The van der Waals surface area contributed by atoms with Crippen LogP contribution in [-0.2, 0) is 6.54 Å². The summed E-state index contributed by atoms with van der Waals surface area (Å²) < 4.78 is 1.57. The Morgan fingerprint density at radius 1 is 1.15 bits per heavy atom. The quantitative estimate of drug-likeness (QED) is 0.313. The van der Waals surface area contributed by atoms with Gasteiger partial charge in [0, 0.05) is 17.7 Å². The van der Waals surface area contributed by atoms with Crippen LogP contribution in [0.3, 0.4) is 0 Å². The van der Waals surface area contributed by atoms with Crippen molar-refractivity contribution in [1.29, 1.82) is 0 Å². The van der Waals surface area contributed by atoms with E-state index in [1.165, 1.54) is 29.8 Å². The Balaban J connectivity index is 1.68. The number of ketones is 1. The van der Waals surface area contributed by atoms with Crippen molar-refractivity contribution in [2.75, 3.05) is 0 Å². The number of nitro benzene ring substituents is 1. The first-order valence-electron chi connectivity index (χ1n) is 7.78. The standard InChI is InChI=1S/C19H14N4O3/c1-14-2-4-16(5-3-14)12-22-13-18(20-21-22)19(24)11-8-15-6-9-17(10-7-15)23(25)26/h2-7,9-10,13H,12H2,1H3. The molecule has 0 atom stereocenters. The third kappa shape index (κ3) is 4.19. The largest absolute Gasteiger partial charge is 0.277 e. The molecule has 0 unspecified atom stereocenters. The number of carbonyl (C=O) groups excluding carboxylic acids is 1. The summed E-state index contributed by atoms with van der Waals surface area (Å²) >= 11 is 0.